The number of hydrogen-bond acceptors (Lipinski definition) is 7. The predicted octanol–water partition coefficient (Wildman–Crippen LogP) is 4.39. The Morgan fingerprint density at radius 1 is 1.21 bits per heavy atom. The molecule has 10 heteroatoms. The number of aromatic nitrogens is 5. The van der Waals surface area contributed by atoms with Crippen LogP contribution >= 0.6 is 0 Å². The molecule has 4 rings (SSSR count). The van der Waals surface area contributed by atoms with E-state index in [1.165, 1.54) is 23.0 Å². The maximum Gasteiger partial charge on any atom is 0.316 e. The van der Waals surface area contributed by atoms with Gasteiger partial charge in [-0.1, -0.05) is 12.1 Å². The van der Waals surface area contributed by atoms with E-state index in [2.05, 4.69) is 31.8 Å². The minimum absolute atomic E-state index is 0.0440. The van der Waals surface area contributed by atoms with Gasteiger partial charge in [0.1, 0.15) is 5.69 Å². The number of esters is 1. The molecule has 4 aromatic rings. The van der Waals surface area contributed by atoms with Crippen LogP contribution in [0.2, 0.25) is 0 Å². The van der Waals surface area contributed by atoms with E-state index in [9.17, 15) is 13.6 Å². The molecular weight excluding hydrogens is 442 g/mol. The van der Waals surface area contributed by atoms with E-state index in [1.807, 2.05) is 0 Å². The topological polar surface area (TPSA) is 95.1 Å². The Kier molecular flexibility index (Phi) is 6.14. The van der Waals surface area contributed by atoms with E-state index < -0.39 is 23.0 Å². The molecule has 0 aliphatic carbocycles. The van der Waals surface area contributed by atoms with Crippen LogP contribution in [0.5, 0.6) is 0 Å². The van der Waals surface area contributed by atoms with Gasteiger partial charge in [0.15, 0.2) is 28.9 Å². The third kappa shape index (κ3) is 4.02. The van der Waals surface area contributed by atoms with E-state index in [4.69, 9.17) is 4.74 Å². The summed E-state index contributed by atoms with van der Waals surface area (Å²) < 4.78 is 34.6. The van der Waals surface area contributed by atoms with Crippen LogP contribution in [0.25, 0.3) is 22.6 Å². The molecule has 1 aromatic carbocycles. The molecule has 174 valence electrons. The van der Waals surface area contributed by atoms with Crippen LogP contribution < -0.4 is 0 Å². The number of ether oxygens (including phenoxy) is 1. The molecule has 0 aliphatic heterocycles. The second-order valence-corrected chi connectivity index (χ2v) is 8.03. The van der Waals surface area contributed by atoms with Gasteiger partial charge in [-0.15, -0.1) is 0 Å². The number of halogens is 2. The van der Waals surface area contributed by atoms with Crippen LogP contribution in [0.4, 0.5) is 14.6 Å². The van der Waals surface area contributed by atoms with Crippen molar-refractivity contribution in [1.29, 1.82) is 0 Å². The number of hydrogen-bond donors (Lipinski definition) is 0. The summed E-state index contributed by atoms with van der Waals surface area (Å²) in [5.74, 6) is -1.88. The standard InChI is InChI=1S/C24H22F2N6O2/c1-5-34-23(33)24(2,3)16-12-29-21(30-20(16)27-4)19-15-9-7-11-28-22(15)32(31-19)13-14-8-6-10-17(25)18(14)26/h6-12H,4-5,13H2,1-3H3. The van der Waals surface area contributed by atoms with Crippen LogP contribution in [0.15, 0.2) is 47.7 Å². The van der Waals surface area contributed by atoms with Crippen molar-refractivity contribution in [2.75, 3.05) is 6.61 Å². The van der Waals surface area contributed by atoms with Crippen LogP contribution in [0.1, 0.15) is 31.9 Å². The highest BCUT2D eigenvalue weighted by atomic mass is 19.2. The van der Waals surface area contributed by atoms with Crippen molar-refractivity contribution in [3.05, 3.63) is 65.5 Å². The van der Waals surface area contributed by atoms with Crippen molar-refractivity contribution < 1.29 is 18.3 Å². The average molecular weight is 464 g/mol. The molecule has 0 spiro atoms. The first kappa shape index (κ1) is 23.1. The van der Waals surface area contributed by atoms with Gasteiger partial charge in [-0.05, 0) is 45.7 Å². The fourth-order valence-electron chi connectivity index (χ4n) is 3.59. The minimum atomic E-state index is -1.05. The molecule has 3 heterocycles. The van der Waals surface area contributed by atoms with Crippen LogP contribution in [-0.2, 0) is 21.5 Å². The summed E-state index contributed by atoms with van der Waals surface area (Å²) in [5, 5.41) is 5.16. The van der Waals surface area contributed by atoms with Crippen molar-refractivity contribution in [3.8, 4) is 11.5 Å². The molecule has 8 nitrogen and oxygen atoms in total. The van der Waals surface area contributed by atoms with Gasteiger partial charge in [0.2, 0.25) is 0 Å². The molecule has 0 radical (unpaired) electrons. The third-order valence-corrected chi connectivity index (χ3v) is 5.45. The second kappa shape index (κ2) is 9.05. The Balaban J connectivity index is 1.81. The summed E-state index contributed by atoms with van der Waals surface area (Å²) in [4.78, 5) is 29.7. The Bertz CT molecular complexity index is 1400. The fourth-order valence-corrected chi connectivity index (χ4v) is 3.59. The Morgan fingerprint density at radius 3 is 2.74 bits per heavy atom. The van der Waals surface area contributed by atoms with Gasteiger partial charge in [-0.25, -0.2) is 33.4 Å². The van der Waals surface area contributed by atoms with Gasteiger partial charge in [0.05, 0.1) is 24.0 Å². The molecule has 3 aromatic heterocycles. The number of nitrogens with zero attached hydrogens (tertiary/aromatic N) is 6. The summed E-state index contributed by atoms with van der Waals surface area (Å²) >= 11 is 0. The third-order valence-electron chi connectivity index (χ3n) is 5.45. The summed E-state index contributed by atoms with van der Waals surface area (Å²) in [5.41, 5.74) is 0.359. The summed E-state index contributed by atoms with van der Waals surface area (Å²) in [6.07, 6.45) is 3.07. The lowest BCUT2D eigenvalue weighted by molar-refractivity contribution is -0.148. The zero-order chi connectivity index (χ0) is 24.5. The molecule has 0 atom stereocenters. The average Bonchev–Trinajstić information content (AvgIpc) is 3.20. The number of fused-ring (bicyclic) bond motifs is 1. The van der Waals surface area contributed by atoms with E-state index >= 15 is 0 Å². The molecule has 0 fully saturated rings. The highest BCUT2D eigenvalue weighted by molar-refractivity contribution is 5.90. The van der Waals surface area contributed by atoms with Crippen molar-refractivity contribution >= 4 is 29.5 Å². The lowest BCUT2D eigenvalue weighted by Crippen LogP contribution is -2.31. The molecule has 0 bridgehead atoms. The number of aliphatic imine (C=N–C) groups is 1. The Labute approximate surface area is 194 Å². The van der Waals surface area contributed by atoms with Gasteiger partial charge in [-0.3, -0.25) is 4.79 Å². The van der Waals surface area contributed by atoms with Crippen LogP contribution in [0, 0.1) is 11.6 Å². The monoisotopic (exact) mass is 464 g/mol. The minimum Gasteiger partial charge on any atom is -0.465 e. The van der Waals surface area contributed by atoms with Crippen molar-refractivity contribution in [3.63, 3.8) is 0 Å². The van der Waals surface area contributed by atoms with Crippen LogP contribution in [0.3, 0.4) is 0 Å². The number of pyridine rings is 1. The number of carbonyl (C=O) groups is 1. The highest BCUT2D eigenvalue weighted by Crippen LogP contribution is 2.33. The summed E-state index contributed by atoms with van der Waals surface area (Å²) in [7, 11) is 0. The van der Waals surface area contributed by atoms with E-state index in [-0.39, 0.29) is 30.4 Å². The maximum absolute atomic E-state index is 14.3. The molecule has 0 saturated carbocycles. The predicted molar refractivity (Wildman–Crippen MR) is 123 cm³/mol. The molecule has 0 unspecified atom stereocenters. The molecule has 0 saturated heterocycles. The van der Waals surface area contributed by atoms with Gasteiger partial charge >= 0.3 is 5.97 Å². The number of carbonyl (C=O) groups excluding carboxylic acids is 1. The molecule has 34 heavy (non-hydrogen) atoms. The fraction of sp³-hybridized carbons (Fsp3) is 0.250. The number of benzene rings is 1. The van der Waals surface area contributed by atoms with Crippen molar-refractivity contribution in [2.24, 2.45) is 4.99 Å². The van der Waals surface area contributed by atoms with Crippen molar-refractivity contribution in [2.45, 2.75) is 32.7 Å². The zero-order valence-electron chi connectivity index (χ0n) is 18.9. The lowest BCUT2D eigenvalue weighted by Gasteiger charge is -2.23. The molecule has 0 aliphatic rings. The van der Waals surface area contributed by atoms with Gasteiger partial charge in [-0.2, -0.15) is 5.10 Å². The quantitative estimate of drug-likeness (QED) is 0.297. The Hall–Kier alpha value is -4.08. The summed E-state index contributed by atoms with van der Waals surface area (Å²) in [6.45, 7) is 8.89. The smallest absolute Gasteiger partial charge is 0.316 e. The first-order chi connectivity index (χ1) is 16.3. The zero-order valence-corrected chi connectivity index (χ0v) is 18.9. The van der Waals surface area contributed by atoms with E-state index in [1.54, 1.807) is 39.1 Å². The van der Waals surface area contributed by atoms with E-state index in [0.29, 0.717) is 22.3 Å². The SMILES string of the molecule is C=Nc1nc(-c2nn(Cc3cccc(F)c3F)c3ncccc23)ncc1C(C)(C)C(=O)OCC. The molecule has 0 N–H and O–H groups in total. The van der Waals surface area contributed by atoms with Gasteiger partial charge in [0, 0.05) is 23.5 Å². The first-order valence-electron chi connectivity index (χ1n) is 10.5. The maximum atomic E-state index is 14.3. The number of rotatable bonds is 7. The van der Waals surface area contributed by atoms with Gasteiger partial charge in [0.25, 0.3) is 0 Å². The highest BCUT2D eigenvalue weighted by Gasteiger charge is 2.35. The second-order valence-electron chi connectivity index (χ2n) is 8.03. The van der Waals surface area contributed by atoms with Gasteiger partial charge < -0.3 is 4.74 Å². The molecular formula is C24H22F2N6O2. The van der Waals surface area contributed by atoms with Crippen LogP contribution in [-0.4, -0.2) is 44.0 Å². The van der Waals surface area contributed by atoms with Crippen molar-refractivity contribution in [1.82, 2.24) is 24.7 Å². The van der Waals surface area contributed by atoms with E-state index in [0.717, 1.165) is 6.07 Å². The largest absolute Gasteiger partial charge is 0.465 e. The molecule has 0 amide bonds. The first-order valence-corrected chi connectivity index (χ1v) is 10.5. The normalized spacial score (nSPS) is 11.6. The summed E-state index contributed by atoms with van der Waals surface area (Å²) in [6, 6.07) is 7.48. The lowest BCUT2D eigenvalue weighted by atomic mass is 9.86. The Morgan fingerprint density at radius 2 is 2.00 bits per heavy atom.